The van der Waals surface area contributed by atoms with Gasteiger partial charge in [-0.05, 0) is 38.5 Å². The molecule has 0 aliphatic heterocycles. The van der Waals surface area contributed by atoms with E-state index in [0.717, 1.165) is 32.1 Å². The second-order valence-electron chi connectivity index (χ2n) is 5.10. The van der Waals surface area contributed by atoms with Crippen LogP contribution in [0.15, 0.2) is 29.3 Å². The Kier molecular flexibility index (Phi) is 9.07. The molecule has 5 nitrogen and oxygen atoms in total. The van der Waals surface area contributed by atoms with Gasteiger partial charge in [0.15, 0.2) is 5.96 Å². The van der Waals surface area contributed by atoms with E-state index in [1.54, 1.807) is 7.11 Å². The Hall–Kier alpha value is -1.75. The van der Waals surface area contributed by atoms with Gasteiger partial charge in [0.2, 0.25) is 0 Å². The fourth-order valence-electron chi connectivity index (χ4n) is 2.19. The van der Waals surface area contributed by atoms with Crippen molar-refractivity contribution >= 4 is 11.6 Å². The summed E-state index contributed by atoms with van der Waals surface area (Å²) in [5, 5.41) is 6.62. The fourth-order valence-corrected chi connectivity index (χ4v) is 2.19. The quantitative estimate of drug-likeness (QED) is 0.416. The first kappa shape index (κ1) is 18.3. The van der Waals surface area contributed by atoms with Crippen molar-refractivity contribution in [2.24, 2.45) is 4.99 Å². The highest BCUT2D eigenvalue weighted by Crippen LogP contribution is 2.14. The number of methoxy groups -OCH3 is 1. The molecule has 1 aromatic rings. The minimum absolute atomic E-state index is 0.640. The summed E-state index contributed by atoms with van der Waals surface area (Å²) in [6, 6.07) is 8.62. The van der Waals surface area contributed by atoms with E-state index >= 15 is 0 Å². The number of aliphatic imine (C=N–C) groups is 1. The summed E-state index contributed by atoms with van der Waals surface area (Å²) in [6.07, 6.45) is 0. The molecule has 0 unspecified atom stereocenters. The van der Waals surface area contributed by atoms with Crippen LogP contribution in [0.4, 0.5) is 5.69 Å². The zero-order valence-electron chi connectivity index (χ0n) is 14.4. The third-order valence-corrected chi connectivity index (χ3v) is 3.33. The highest BCUT2D eigenvalue weighted by atomic mass is 16.5. The van der Waals surface area contributed by atoms with Crippen LogP contribution in [0, 0.1) is 6.92 Å². The SMILES string of the molecule is CCNC(=NCCOC)NCCN(CC)c1cccc(C)c1. The molecule has 22 heavy (non-hydrogen) atoms. The maximum absolute atomic E-state index is 5.03. The second kappa shape index (κ2) is 10.9. The third kappa shape index (κ3) is 6.80. The van der Waals surface area contributed by atoms with Crippen LogP contribution < -0.4 is 15.5 Å². The maximum atomic E-state index is 5.03. The molecule has 0 atom stereocenters. The molecule has 5 heteroatoms. The lowest BCUT2D eigenvalue weighted by atomic mass is 10.2. The third-order valence-electron chi connectivity index (χ3n) is 3.33. The van der Waals surface area contributed by atoms with Crippen molar-refractivity contribution in [2.45, 2.75) is 20.8 Å². The molecule has 1 aromatic carbocycles. The lowest BCUT2D eigenvalue weighted by Gasteiger charge is -2.24. The number of guanidine groups is 1. The summed E-state index contributed by atoms with van der Waals surface area (Å²) in [5.41, 5.74) is 2.56. The number of aryl methyl sites for hydroxylation is 1. The number of ether oxygens (including phenoxy) is 1. The van der Waals surface area contributed by atoms with E-state index in [-0.39, 0.29) is 0 Å². The molecular formula is C17H30N4O. The van der Waals surface area contributed by atoms with E-state index in [2.05, 4.69) is 65.6 Å². The highest BCUT2D eigenvalue weighted by molar-refractivity contribution is 5.79. The maximum Gasteiger partial charge on any atom is 0.191 e. The number of hydrogen-bond donors (Lipinski definition) is 2. The van der Waals surface area contributed by atoms with Gasteiger partial charge in [0.25, 0.3) is 0 Å². The average Bonchev–Trinajstić information content (AvgIpc) is 2.51. The van der Waals surface area contributed by atoms with Crippen molar-refractivity contribution in [1.82, 2.24) is 10.6 Å². The monoisotopic (exact) mass is 306 g/mol. The summed E-state index contributed by atoms with van der Waals surface area (Å²) in [5.74, 6) is 0.847. The Balaban J connectivity index is 2.49. The van der Waals surface area contributed by atoms with Crippen LogP contribution >= 0.6 is 0 Å². The van der Waals surface area contributed by atoms with E-state index in [0.29, 0.717) is 13.2 Å². The van der Waals surface area contributed by atoms with Crippen molar-refractivity contribution in [3.63, 3.8) is 0 Å². The van der Waals surface area contributed by atoms with Gasteiger partial charge in [-0.3, -0.25) is 4.99 Å². The van der Waals surface area contributed by atoms with Gasteiger partial charge in [-0.2, -0.15) is 0 Å². The van der Waals surface area contributed by atoms with Crippen molar-refractivity contribution < 1.29 is 4.74 Å². The molecule has 0 aliphatic carbocycles. The van der Waals surface area contributed by atoms with Crippen LogP contribution in [0.1, 0.15) is 19.4 Å². The molecule has 0 bridgehead atoms. The number of anilines is 1. The summed E-state index contributed by atoms with van der Waals surface area (Å²) in [7, 11) is 1.69. The predicted octanol–water partition coefficient (Wildman–Crippen LogP) is 2.02. The number of hydrogen-bond acceptors (Lipinski definition) is 3. The number of nitrogens with zero attached hydrogens (tertiary/aromatic N) is 2. The molecule has 0 fully saturated rings. The van der Waals surface area contributed by atoms with Crippen LogP contribution in [-0.4, -0.2) is 52.4 Å². The van der Waals surface area contributed by atoms with Gasteiger partial charge in [-0.1, -0.05) is 12.1 Å². The van der Waals surface area contributed by atoms with Gasteiger partial charge in [-0.25, -0.2) is 0 Å². The molecular weight excluding hydrogens is 276 g/mol. The summed E-state index contributed by atoms with van der Waals surface area (Å²) < 4.78 is 5.03. The van der Waals surface area contributed by atoms with Crippen molar-refractivity contribution in [1.29, 1.82) is 0 Å². The Bertz CT molecular complexity index is 448. The molecule has 124 valence electrons. The van der Waals surface area contributed by atoms with Gasteiger partial charge in [-0.15, -0.1) is 0 Å². The molecule has 2 N–H and O–H groups in total. The molecule has 0 aliphatic rings. The molecule has 0 amide bonds. The summed E-state index contributed by atoms with van der Waals surface area (Å²) in [6.45, 7) is 11.3. The smallest absolute Gasteiger partial charge is 0.191 e. The van der Waals surface area contributed by atoms with Crippen LogP contribution in [-0.2, 0) is 4.74 Å². The van der Waals surface area contributed by atoms with Gasteiger partial charge in [0, 0.05) is 39.0 Å². The first-order valence-electron chi connectivity index (χ1n) is 8.04. The first-order valence-corrected chi connectivity index (χ1v) is 8.04. The Morgan fingerprint density at radius 3 is 2.73 bits per heavy atom. The van der Waals surface area contributed by atoms with Crippen LogP contribution in [0.25, 0.3) is 0 Å². The van der Waals surface area contributed by atoms with E-state index in [4.69, 9.17) is 4.74 Å². The molecule has 0 saturated carbocycles. The van der Waals surface area contributed by atoms with E-state index in [1.165, 1.54) is 11.3 Å². The predicted molar refractivity (Wildman–Crippen MR) is 94.9 cm³/mol. The Morgan fingerprint density at radius 1 is 1.27 bits per heavy atom. The first-order chi connectivity index (χ1) is 10.7. The zero-order chi connectivity index (χ0) is 16.2. The number of benzene rings is 1. The lowest BCUT2D eigenvalue weighted by Crippen LogP contribution is -2.41. The van der Waals surface area contributed by atoms with E-state index in [9.17, 15) is 0 Å². The lowest BCUT2D eigenvalue weighted by molar-refractivity contribution is 0.208. The molecule has 0 spiro atoms. The Morgan fingerprint density at radius 2 is 2.09 bits per heavy atom. The topological polar surface area (TPSA) is 48.9 Å². The molecule has 0 saturated heterocycles. The number of likely N-dealkylation sites (N-methyl/N-ethyl adjacent to an activating group) is 1. The average molecular weight is 306 g/mol. The fraction of sp³-hybridized carbons (Fsp3) is 0.588. The van der Waals surface area contributed by atoms with Gasteiger partial charge >= 0.3 is 0 Å². The van der Waals surface area contributed by atoms with E-state index in [1.807, 2.05) is 0 Å². The molecule has 1 rings (SSSR count). The second-order valence-corrected chi connectivity index (χ2v) is 5.10. The Labute approximate surface area is 134 Å². The van der Waals surface area contributed by atoms with Crippen LogP contribution in [0.5, 0.6) is 0 Å². The summed E-state index contributed by atoms with van der Waals surface area (Å²) in [4.78, 5) is 6.82. The minimum atomic E-state index is 0.640. The molecule has 0 heterocycles. The van der Waals surface area contributed by atoms with Crippen molar-refractivity contribution in [3.8, 4) is 0 Å². The number of rotatable bonds is 9. The van der Waals surface area contributed by atoms with Crippen LogP contribution in [0.3, 0.4) is 0 Å². The van der Waals surface area contributed by atoms with Crippen molar-refractivity contribution in [2.75, 3.05) is 51.3 Å². The largest absolute Gasteiger partial charge is 0.383 e. The zero-order valence-corrected chi connectivity index (χ0v) is 14.4. The van der Waals surface area contributed by atoms with Gasteiger partial charge in [0.1, 0.15) is 0 Å². The molecule has 0 aromatic heterocycles. The normalized spacial score (nSPS) is 11.4. The standard InChI is InChI=1S/C17H30N4O/c1-5-18-17(20-11-13-22-4)19-10-12-21(6-2)16-9-7-8-15(3)14-16/h7-9,14H,5-6,10-13H2,1-4H3,(H2,18,19,20). The summed E-state index contributed by atoms with van der Waals surface area (Å²) >= 11 is 0. The van der Waals surface area contributed by atoms with Gasteiger partial charge < -0.3 is 20.3 Å². The van der Waals surface area contributed by atoms with Crippen LogP contribution in [0.2, 0.25) is 0 Å². The van der Waals surface area contributed by atoms with Crippen molar-refractivity contribution in [3.05, 3.63) is 29.8 Å². The minimum Gasteiger partial charge on any atom is -0.383 e. The molecule has 0 radical (unpaired) electrons. The van der Waals surface area contributed by atoms with Gasteiger partial charge in [0.05, 0.1) is 13.2 Å². The number of nitrogens with one attached hydrogen (secondary N) is 2. The highest BCUT2D eigenvalue weighted by Gasteiger charge is 2.04. The van der Waals surface area contributed by atoms with E-state index < -0.39 is 0 Å².